The molecule has 0 aliphatic carbocycles. The first-order chi connectivity index (χ1) is 13.0. The van der Waals surface area contributed by atoms with Crippen molar-refractivity contribution in [1.29, 1.82) is 0 Å². The van der Waals surface area contributed by atoms with Crippen LogP contribution in [0.25, 0.3) is 0 Å². The van der Waals surface area contributed by atoms with Gasteiger partial charge in [-0.25, -0.2) is 0 Å². The van der Waals surface area contributed by atoms with E-state index in [1.54, 1.807) is 32.0 Å². The van der Waals surface area contributed by atoms with E-state index in [2.05, 4.69) is 10.9 Å². The number of aryl methyl sites for hydroxylation is 2. The van der Waals surface area contributed by atoms with Crippen LogP contribution >= 0.6 is 0 Å². The fraction of sp³-hybridized carbons (Fsp3) is 0.143. The van der Waals surface area contributed by atoms with E-state index in [1.807, 2.05) is 54.4 Å². The number of hydrogen-bond acceptors (Lipinski definition) is 4. The van der Waals surface area contributed by atoms with Gasteiger partial charge >= 0.3 is 0 Å². The number of amides is 2. The van der Waals surface area contributed by atoms with Gasteiger partial charge in [0.15, 0.2) is 0 Å². The van der Waals surface area contributed by atoms with E-state index in [1.165, 1.54) is 0 Å². The molecular formula is C21H21N3O3. The molecule has 0 fully saturated rings. The smallest absolute Gasteiger partial charge is 0.273 e. The van der Waals surface area contributed by atoms with Crippen molar-refractivity contribution < 1.29 is 14.0 Å². The summed E-state index contributed by atoms with van der Waals surface area (Å²) in [6.45, 7) is 3.46. The van der Waals surface area contributed by atoms with E-state index in [4.69, 9.17) is 4.42 Å². The van der Waals surface area contributed by atoms with Crippen molar-refractivity contribution in [1.82, 2.24) is 10.9 Å². The number of para-hydroxylation sites is 2. The number of nitrogens with one attached hydrogen (secondary N) is 2. The highest BCUT2D eigenvalue weighted by atomic mass is 16.3. The Bertz CT molecular complexity index is 964. The maximum Gasteiger partial charge on any atom is 0.273 e. The maximum absolute atomic E-state index is 12.7. The van der Waals surface area contributed by atoms with Crippen LogP contribution in [0, 0.1) is 13.8 Å². The molecule has 0 radical (unpaired) electrons. The zero-order valence-electron chi connectivity index (χ0n) is 15.4. The molecule has 0 spiro atoms. The predicted molar refractivity (Wildman–Crippen MR) is 104 cm³/mol. The average Bonchev–Trinajstić information content (AvgIpc) is 3.04. The topological polar surface area (TPSA) is 74.6 Å². The lowest BCUT2D eigenvalue weighted by Crippen LogP contribution is -2.42. The van der Waals surface area contributed by atoms with Crippen molar-refractivity contribution in [2.45, 2.75) is 13.8 Å². The van der Waals surface area contributed by atoms with Crippen molar-refractivity contribution in [2.24, 2.45) is 0 Å². The van der Waals surface area contributed by atoms with Crippen LogP contribution < -0.4 is 15.8 Å². The lowest BCUT2D eigenvalue weighted by Gasteiger charge is -2.22. The van der Waals surface area contributed by atoms with E-state index in [0.29, 0.717) is 22.6 Å². The molecule has 0 aliphatic rings. The highest BCUT2D eigenvalue weighted by Gasteiger charge is 2.17. The zero-order chi connectivity index (χ0) is 19.4. The molecule has 0 aliphatic heterocycles. The van der Waals surface area contributed by atoms with E-state index in [9.17, 15) is 9.59 Å². The molecule has 3 rings (SSSR count). The second-order valence-corrected chi connectivity index (χ2v) is 6.15. The van der Waals surface area contributed by atoms with Crippen LogP contribution in [-0.4, -0.2) is 18.9 Å². The third-order valence-electron chi connectivity index (χ3n) is 4.23. The Morgan fingerprint density at radius 2 is 1.44 bits per heavy atom. The molecule has 0 saturated heterocycles. The van der Waals surface area contributed by atoms with Gasteiger partial charge in [0.25, 0.3) is 11.8 Å². The zero-order valence-corrected chi connectivity index (χ0v) is 15.4. The van der Waals surface area contributed by atoms with Gasteiger partial charge in [0.05, 0.1) is 16.8 Å². The van der Waals surface area contributed by atoms with Crippen LogP contribution in [0.1, 0.15) is 32.2 Å². The number of hydrazine groups is 1. The summed E-state index contributed by atoms with van der Waals surface area (Å²) in [6.07, 6.45) is 0. The maximum atomic E-state index is 12.7. The Labute approximate surface area is 157 Å². The highest BCUT2D eigenvalue weighted by molar-refractivity contribution is 6.03. The molecule has 6 heteroatoms. The first kappa shape index (κ1) is 18.3. The van der Waals surface area contributed by atoms with Gasteiger partial charge in [0.1, 0.15) is 11.5 Å². The summed E-state index contributed by atoms with van der Waals surface area (Å²) >= 11 is 0. The van der Waals surface area contributed by atoms with E-state index < -0.39 is 11.8 Å². The molecule has 2 aromatic carbocycles. The Kier molecular flexibility index (Phi) is 5.26. The van der Waals surface area contributed by atoms with Crippen molar-refractivity contribution in [3.05, 3.63) is 83.3 Å². The summed E-state index contributed by atoms with van der Waals surface area (Å²) < 4.78 is 5.35. The van der Waals surface area contributed by atoms with Gasteiger partial charge in [-0.05, 0) is 44.2 Å². The van der Waals surface area contributed by atoms with Crippen LogP contribution in [0.2, 0.25) is 0 Å². The minimum absolute atomic E-state index is 0.391. The van der Waals surface area contributed by atoms with Gasteiger partial charge in [-0.3, -0.25) is 20.4 Å². The van der Waals surface area contributed by atoms with Crippen molar-refractivity contribution in [3.63, 3.8) is 0 Å². The quantitative estimate of drug-likeness (QED) is 0.693. The van der Waals surface area contributed by atoms with Crippen LogP contribution in [-0.2, 0) is 0 Å². The highest BCUT2D eigenvalue weighted by Crippen LogP contribution is 2.26. The Morgan fingerprint density at radius 1 is 0.852 bits per heavy atom. The summed E-state index contributed by atoms with van der Waals surface area (Å²) in [6, 6.07) is 18.6. The van der Waals surface area contributed by atoms with E-state index >= 15 is 0 Å². The number of carbonyl (C=O) groups is 2. The molecule has 0 atom stereocenters. The van der Waals surface area contributed by atoms with Crippen molar-refractivity contribution in [3.8, 4) is 0 Å². The summed E-state index contributed by atoms with van der Waals surface area (Å²) in [5, 5.41) is 0. The molecule has 1 aromatic heterocycles. The molecular weight excluding hydrogens is 342 g/mol. The minimum Gasteiger partial charge on any atom is -0.466 e. The van der Waals surface area contributed by atoms with Gasteiger partial charge in [-0.2, -0.15) is 0 Å². The van der Waals surface area contributed by atoms with Gasteiger partial charge in [-0.1, -0.05) is 30.3 Å². The molecule has 0 bridgehead atoms. The summed E-state index contributed by atoms with van der Waals surface area (Å²) in [5.74, 6) is 0.313. The molecule has 3 aromatic rings. The number of furan rings is 1. The molecule has 0 saturated carbocycles. The third-order valence-corrected chi connectivity index (χ3v) is 4.23. The second-order valence-electron chi connectivity index (χ2n) is 6.15. The molecule has 2 N–H and O–H groups in total. The number of carbonyl (C=O) groups excluding carboxylic acids is 2. The normalized spacial score (nSPS) is 10.3. The first-order valence-electron chi connectivity index (χ1n) is 8.53. The van der Waals surface area contributed by atoms with Crippen molar-refractivity contribution in [2.75, 3.05) is 11.9 Å². The second kappa shape index (κ2) is 7.78. The van der Waals surface area contributed by atoms with E-state index in [-0.39, 0.29) is 0 Å². The number of nitrogens with zero attached hydrogens (tertiary/aromatic N) is 1. The molecule has 27 heavy (non-hydrogen) atoms. The Hall–Kier alpha value is -3.54. The van der Waals surface area contributed by atoms with Crippen LogP contribution in [0.4, 0.5) is 11.4 Å². The fourth-order valence-corrected chi connectivity index (χ4v) is 2.85. The Balaban J connectivity index is 1.76. The molecule has 0 unspecified atom stereocenters. The monoisotopic (exact) mass is 363 g/mol. The average molecular weight is 363 g/mol. The summed E-state index contributed by atoms with van der Waals surface area (Å²) in [7, 11) is 1.89. The fourth-order valence-electron chi connectivity index (χ4n) is 2.85. The lowest BCUT2D eigenvalue weighted by molar-refractivity contribution is 0.0846. The van der Waals surface area contributed by atoms with Gasteiger partial charge in [0, 0.05) is 12.7 Å². The van der Waals surface area contributed by atoms with E-state index in [0.717, 1.165) is 11.4 Å². The molecule has 138 valence electrons. The number of benzene rings is 2. The first-order valence-corrected chi connectivity index (χ1v) is 8.53. The predicted octanol–water partition coefficient (Wildman–Crippen LogP) is 3.74. The molecule has 1 heterocycles. The standard InChI is InChI=1S/C21H21N3O3/c1-14-13-18(15(2)27-14)21(26)23-22-20(25)17-11-7-8-12-19(17)24(3)16-9-5-4-6-10-16/h4-13H,1-3H3,(H,22,25)(H,23,26). The number of rotatable bonds is 4. The molecule has 6 nitrogen and oxygen atoms in total. The minimum atomic E-state index is -0.424. The van der Waals surface area contributed by atoms with Gasteiger partial charge < -0.3 is 9.32 Å². The summed E-state index contributed by atoms with van der Waals surface area (Å²) in [4.78, 5) is 26.8. The van der Waals surface area contributed by atoms with Gasteiger partial charge in [0.2, 0.25) is 0 Å². The van der Waals surface area contributed by atoms with Crippen molar-refractivity contribution >= 4 is 23.2 Å². The molecule has 2 amide bonds. The number of hydrogen-bond donors (Lipinski definition) is 2. The van der Waals surface area contributed by atoms with Crippen LogP contribution in [0.5, 0.6) is 0 Å². The van der Waals surface area contributed by atoms with Crippen LogP contribution in [0.3, 0.4) is 0 Å². The third kappa shape index (κ3) is 4.00. The van der Waals surface area contributed by atoms with Crippen LogP contribution in [0.15, 0.2) is 65.1 Å². The number of anilines is 2. The Morgan fingerprint density at radius 3 is 2.07 bits per heavy atom. The largest absolute Gasteiger partial charge is 0.466 e. The lowest BCUT2D eigenvalue weighted by atomic mass is 10.1. The van der Waals surface area contributed by atoms with Gasteiger partial charge in [-0.15, -0.1) is 0 Å². The summed E-state index contributed by atoms with van der Waals surface area (Å²) in [5.41, 5.74) is 7.43. The SMILES string of the molecule is Cc1cc(C(=O)NNC(=O)c2ccccc2N(C)c2ccccc2)c(C)o1.